The molecule has 5 heterocycles. The molecule has 29 heavy (non-hydrogen) atoms. The van der Waals surface area contributed by atoms with E-state index < -0.39 is 0 Å². The summed E-state index contributed by atoms with van der Waals surface area (Å²) in [7, 11) is 0. The second kappa shape index (κ2) is 8.90. The summed E-state index contributed by atoms with van der Waals surface area (Å²) in [5.41, 5.74) is 1.29. The standard InChI is InChI=1S/C20H25N5O2.2ClH/c26-19(24-7-3-14(4-8-24)18-22-5-6-23-18)16-1-2-17-15-9-13(10-21-11-15)12-25(17)20(16)27;;/h1-2,5-6,13-15,21H,3-4,7-12H2,(H,22,23);2*1H/t13-,15+;;/m0../s1. The maximum absolute atomic E-state index is 13.1. The van der Waals surface area contributed by atoms with Crippen LogP contribution in [0.2, 0.25) is 0 Å². The Hall–Kier alpha value is -1.83. The van der Waals surface area contributed by atoms with Gasteiger partial charge in [0.05, 0.1) is 0 Å². The van der Waals surface area contributed by atoms with Crippen molar-refractivity contribution in [3.05, 3.63) is 52.0 Å². The third-order valence-corrected chi connectivity index (χ3v) is 6.43. The van der Waals surface area contributed by atoms with Gasteiger partial charge in [-0.2, -0.15) is 0 Å². The normalized spacial score (nSPS) is 23.5. The molecule has 3 aliphatic heterocycles. The van der Waals surface area contributed by atoms with Crippen molar-refractivity contribution in [1.29, 1.82) is 0 Å². The van der Waals surface area contributed by atoms with Crippen molar-refractivity contribution in [2.45, 2.75) is 37.6 Å². The fraction of sp³-hybridized carbons (Fsp3) is 0.550. The number of amides is 1. The number of piperidine rings is 2. The van der Waals surface area contributed by atoms with Gasteiger partial charge < -0.3 is 19.8 Å². The highest BCUT2D eigenvalue weighted by atomic mass is 35.5. The molecule has 5 rings (SSSR count). The number of pyridine rings is 1. The van der Waals surface area contributed by atoms with Gasteiger partial charge in [-0.25, -0.2) is 4.98 Å². The highest BCUT2D eigenvalue weighted by molar-refractivity contribution is 5.94. The first kappa shape index (κ1) is 21.9. The number of rotatable bonds is 2. The summed E-state index contributed by atoms with van der Waals surface area (Å²) in [6.45, 7) is 3.94. The van der Waals surface area contributed by atoms with Crippen molar-refractivity contribution in [3.8, 4) is 0 Å². The van der Waals surface area contributed by atoms with Crippen LogP contribution in [0, 0.1) is 5.92 Å². The van der Waals surface area contributed by atoms with E-state index in [1.807, 2.05) is 21.7 Å². The quantitative estimate of drug-likeness (QED) is 0.750. The Balaban J connectivity index is 0.00000120. The summed E-state index contributed by atoms with van der Waals surface area (Å²) in [5, 5.41) is 3.45. The smallest absolute Gasteiger partial charge is 0.263 e. The average molecular weight is 440 g/mol. The summed E-state index contributed by atoms with van der Waals surface area (Å²) >= 11 is 0. The van der Waals surface area contributed by atoms with Crippen LogP contribution < -0.4 is 10.9 Å². The maximum Gasteiger partial charge on any atom is 0.263 e. The Labute approximate surface area is 182 Å². The van der Waals surface area contributed by atoms with Crippen LogP contribution in [-0.2, 0) is 6.54 Å². The SMILES string of the molecule is Cl.Cl.O=C(c1ccc2n(c1=O)C[C@@H]1CNC[C@H]2C1)N1CCC(c2ncc[nH]2)CC1. The minimum atomic E-state index is -0.123. The lowest BCUT2D eigenvalue weighted by atomic mass is 9.84. The van der Waals surface area contributed by atoms with Gasteiger partial charge in [0.25, 0.3) is 11.5 Å². The van der Waals surface area contributed by atoms with Crippen molar-refractivity contribution in [2.24, 2.45) is 5.92 Å². The number of halogens is 2. The van der Waals surface area contributed by atoms with Crippen LogP contribution in [0.25, 0.3) is 0 Å². The predicted octanol–water partition coefficient (Wildman–Crippen LogP) is 2.14. The van der Waals surface area contributed by atoms with Crippen molar-refractivity contribution in [3.63, 3.8) is 0 Å². The van der Waals surface area contributed by atoms with Gasteiger partial charge in [0.1, 0.15) is 11.4 Å². The Morgan fingerprint density at radius 3 is 2.62 bits per heavy atom. The molecule has 2 aromatic heterocycles. The van der Waals surface area contributed by atoms with Crippen molar-refractivity contribution in [2.75, 3.05) is 26.2 Å². The Morgan fingerprint density at radius 1 is 1.10 bits per heavy atom. The molecule has 2 atom stereocenters. The molecule has 0 aliphatic carbocycles. The maximum atomic E-state index is 13.1. The summed E-state index contributed by atoms with van der Waals surface area (Å²) in [5.74, 6) is 2.11. The van der Waals surface area contributed by atoms with Gasteiger partial charge in [-0.15, -0.1) is 24.8 Å². The third-order valence-electron chi connectivity index (χ3n) is 6.43. The topological polar surface area (TPSA) is 83.0 Å². The fourth-order valence-electron chi connectivity index (χ4n) is 4.98. The molecule has 0 saturated carbocycles. The number of hydrogen-bond donors (Lipinski definition) is 2. The van der Waals surface area contributed by atoms with Crippen LogP contribution >= 0.6 is 24.8 Å². The lowest BCUT2D eigenvalue weighted by molar-refractivity contribution is 0.0708. The van der Waals surface area contributed by atoms with Crippen molar-refractivity contribution in [1.82, 2.24) is 24.8 Å². The number of aromatic nitrogens is 3. The zero-order valence-corrected chi connectivity index (χ0v) is 17.8. The van der Waals surface area contributed by atoms with E-state index in [1.54, 1.807) is 12.3 Å². The molecular formula is C20H27Cl2N5O2. The molecular weight excluding hydrogens is 413 g/mol. The van der Waals surface area contributed by atoms with E-state index >= 15 is 0 Å². The van der Waals surface area contributed by atoms with Crippen LogP contribution in [-0.4, -0.2) is 51.5 Å². The van der Waals surface area contributed by atoms with Gasteiger partial charge in [0.2, 0.25) is 0 Å². The summed E-state index contributed by atoms with van der Waals surface area (Å²) in [6.07, 6.45) is 6.50. The van der Waals surface area contributed by atoms with E-state index in [9.17, 15) is 9.59 Å². The van der Waals surface area contributed by atoms with Crippen LogP contribution in [0.15, 0.2) is 29.3 Å². The van der Waals surface area contributed by atoms with Gasteiger partial charge in [-0.1, -0.05) is 0 Å². The Kier molecular flexibility index (Phi) is 6.71. The third kappa shape index (κ3) is 3.96. The monoisotopic (exact) mass is 439 g/mol. The number of fused-ring (bicyclic) bond motifs is 4. The highest BCUT2D eigenvalue weighted by Crippen LogP contribution is 2.32. The molecule has 2 aromatic rings. The van der Waals surface area contributed by atoms with Crippen molar-refractivity contribution >= 4 is 30.7 Å². The number of aromatic amines is 1. The molecule has 1 amide bonds. The molecule has 7 nitrogen and oxygen atoms in total. The van der Waals surface area contributed by atoms with E-state index in [0.29, 0.717) is 36.4 Å². The lowest BCUT2D eigenvalue weighted by Crippen LogP contribution is -2.47. The van der Waals surface area contributed by atoms with E-state index in [4.69, 9.17) is 0 Å². The molecule has 2 N–H and O–H groups in total. The molecule has 2 saturated heterocycles. The molecule has 3 aliphatic rings. The largest absolute Gasteiger partial charge is 0.348 e. The molecule has 0 aromatic carbocycles. The zero-order valence-electron chi connectivity index (χ0n) is 16.2. The molecule has 0 unspecified atom stereocenters. The molecule has 0 spiro atoms. The molecule has 9 heteroatoms. The molecule has 2 fully saturated rings. The highest BCUT2D eigenvalue weighted by Gasteiger charge is 2.33. The van der Waals surface area contributed by atoms with E-state index in [1.165, 1.54) is 0 Å². The van der Waals surface area contributed by atoms with Crippen molar-refractivity contribution < 1.29 is 4.79 Å². The van der Waals surface area contributed by atoms with Gasteiger partial charge in [0.15, 0.2) is 0 Å². The predicted molar refractivity (Wildman–Crippen MR) is 115 cm³/mol. The van der Waals surface area contributed by atoms with Gasteiger partial charge >= 0.3 is 0 Å². The number of carbonyl (C=O) groups excluding carboxylic acids is 1. The number of carbonyl (C=O) groups is 1. The number of imidazole rings is 1. The number of likely N-dealkylation sites (tertiary alicyclic amines) is 1. The second-order valence-corrected chi connectivity index (χ2v) is 8.09. The summed E-state index contributed by atoms with van der Waals surface area (Å²) in [4.78, 5) is 35.4. The fourth-order valence-corrected chi connectivity index (χ4v) is 4.98. The minimum absolute atomic E-state index is 0. The van der Waals surface area contributed by atoms with Crippen LogP contribution in [0.4, 0.5) is 0 Å². The molecule has 158 valence electrons. The first-order valence-electron chi connectivity index (χ1n) is 9.93. The van der Waals surface area contributed by atoms with Gasteiger partial charge in [0, 0.05) is 56.1 Å². The van der Waals surface area contributed by atoms with E-state index in [-0.39, 0.29) is 36.3 Å². The minimum Gasteiger partial charge on any atom is -0.348 e. The second-order valence-electron chi connectivity index (χ2n) is 8.09. The van der Waals surface area contributed by atoms with Crippen LogP contribution in [0.3, 0.4) is 0 Å². The van der Waals surface area contributed by atoms with E-state index in [0.717, 1.165) is 50.4 Å². The number of H-pyrrole nitrogens is 1. The van der Waals surface area contributed by atoms with Crippen LogP contribution in [0.1, 0.15) is 53.0 Å². The number of nitrogens with one attached hydrogen (secondary N) is 2. The lowest BCUT2D eigenvalue weighted by Gasteiger charge is -2.37. The van der Waals surface area contributed by atoms with E-state index in [2.05, 4.69) is 15.3 Å². The molecule has 0 radical (unpaired) electrons. The zero-order chi connectivity index (χ0) is 18.4. The van der Waals surface area contributed by atoms with Gasteiger partial charge in [-0.3, -0.25) is 9.59 Å². The number of nitrogens with zero attached hydrogens (tertiary/aromatic N) is 3. The first-order chi connectivity index (χ1) is 13.2. The Morgan fingerprint density at radius 2 is 1.90 bits per heavy atom. The first-order valence-corrected chi connectivity index (χ1v) is 9.93. The number of hydrogen-bond acceptors (Lipinski definition) is 4. The average Bonchev–Trinajstić information content (AvgIpc) is 3.24. The summed E-state index contributed by atoms with van der Waals surface area (Å²) < 4.78 is 1.86. The van der Waals surface area contributed by atoms with Crippen LogP contribution in [0.5, 0.6) is 0 Å². The summed E-state index contributed by atoms with van der Waals surface area (Å²) in [6, 6.07) is 3.75. The Bertz CT molecular complexity index is 906. The molecule has 2 bridgehead atoms. The van der Waals surface area contributed by atoms with Gasteiger partial charge in [-0.05, 0) is 43.9 Å².